The van der Waals surface area contributed by atoms with Crippen molar-refractivity contribution < 1.29 is 72.7 Å². The van der Waals surface area contributed by atoms with Crippen LogP contribution in [-0.2, 0) is 9.84 Å². The molecule has 0 radical (unpaired) electrons. The van der Waals surface area contributed by atoms with E-state index in [1.54, 1.807) is 0 Å². The summed E-state index contributed by atoms with van der Waals surface area (Å²) in [6.45, 7) is -2.09. The maximum absolute atomic E-state index is 11.9. The van der Waals surface area contributed by atoms with E-state index < -0.39 is 22.3 Å². The van der Waals surface area contributed by atoms with Gasteiger partial charge in [-0.15, -0.1) is 12.1 Å². The molecule has 0 aliphatic carbocycles. The van der Waals surface area contributed by atoms with Crippen LogP contribution in [0.4, 0.5) is 12.9 Å². The average molecular weight is 286 g/mol. The molecule has 0 N–H and O–H groups in total. The molecule has 0 spiro atoms. The number of sulfone groups is 1. The average Bonchev–Trinajstić information content (AvgIpc) is 1.93. The number of rotatable bonds is 6. The molecule has 0 saturated heterocycles. The van der Waals surface area contributed by atoms with Crippen LogP contribution in [0, 0.1) is 0 Å². The predicted octanol–water partition coefficient (Wildman–Crippen LogP) is -1.29. The third-order valence-electron chi connectivity index (χ3n) is 1.35. The molecule has 0 aliphatic rings. The molecule has 0 heterocycles. The first-order valence-corrected chi connectivity index (χ1v) is 6.97. The Morgan fingerprint density at radius 3 is 2.20 bits per heavy atom. The van der Waals surface area contributed by atoms with Gasteiger partial charge in [0, 0.05) is 12.0 Å². The number of hydrogen-bond donors (Lipinski definition) is 0. The van der Waals surface area contributed by atoms with E-state index in [4.69, 9.17) is 0 Å². The quantitative estimate of drug-likeness (QED) is 0.450. The van der Waals surface area contributed by atoms with Crippen molar-refractivity contribution >= 4 is 28.6 Å². The van der Waals surface area contributed by atoms with Crippen molar-refractivity contribution in [2.45, 2.75) is 0 Å². The fourth-order valence-electron chi connectivity index (χ4n) is 0.508. The third-order valence-corrected chi connectivity index (χ3v) is 3.62. The minimum Gasteiger partial charge on any atom is -0.445 e. The molecule has 0 atom stereocenters. The fourth-order valence-corrected chi connectivity index (χ4v) is 2.79. The van der Waals surface area contributed by atoms with Crippen LogP contribution < -0.4 is 51.4 Å². The second kappa shape index (κ2) is 7.78. The van der Waals surface area contributed by atoms with Crippen molar-refractivity contribution in [1.82, 2.24) is 0 Å². The van der Waals surface area contributed by atoms with Crippen LogP contribution in [0.1, 0.15) is 0 Å². The molecule has 0 saturated carbocycles. The van der Waals surface area contributed by atoms with E-state index in [2.05, 4.69) is 6.58 Å². The molecule has 0 aliphatic heterocycles. The van der Waals surface area contributed by atoms with Gasteiger partial charge in [0.1, 0.15) is 9.84 Å². The summed E-state index contributed by atoms with van der Waals surface area (Å²) in [6.07, 6.45) is 1.05. The number of thioether (sulfide) groups is 1. The zero-order valence-electron chi connectivity index (χ0n) is 8.67. The summed E-state index contributed by atoms with van der Waals surface area (Å²) < 4.78 is 57.1. The maximum atomic E-state index is 11.9. The Hall–Kier alpha value is 1.53. The molecule has 0 amide bonds. The van der Waals surface area contributed by atoms with Gasteiger partial charge in [0.2, 0.25) is 0 Å². The molecule has 9 heteroatoms. The van der Waals surface area contributed by atoms with E-state index >= 15 is 0 Å². The van der Waals surface area contributed by atoms with Gasteiger partial charge in [0.15, 0.2) is 0 Å². The van der Waals surface area contributed by atoms with E-state index in [-0.39, 0.29) is 68.6 Å². The smallest absolute Gasteiger partial charge is 0.445 e. The Morgan fingerprint density at radius 2 is 1.87 bits per heavy atom. The van der Waals surface area contributed by atoms with E-state index in [1.165, 1.54) is 0 Å². The minimum atomic E-state index is -4.98. The molecule has 0 aromatic carbocycles. The summed E-state index contributed by atoms with van der Waals surface area (Å²) in [4.78, 5) is 0. The third kappa shape index (κ3) is 11.8. The van der Waals surface area contributed by atoms with Gasteiger partial charge < -0.3 is 12.9 Å². The van der Waals surface area contributed by atoms with E-state index in [0.717, 1.165) is 18.0 Å². The topological polar surface area (TPSA) is 34.1 Å². The summed E-state index contributed by atoms with van der Waals surface area (Å²) in [5, 5.41) is 0. The molecule has 15 heavy (non-hydrogen) atoms. The van der Waals surface area contributed by atoms with Gasteiger partial charge in [0.05, 0.1) is 5.75 Å². The van der Waals surface area contributed by atoms with Crippen LogP contribution in [0.2, 0.25) is 0 Å². The monoisotopic (exact) mass is 286 g/mol. The summed E-state index contributed by atoms with van der Waals surface area (Å²) in [6, 6.07) is 0. The van der Waals surface area contributed by atoms with Crippen molar-refractivity contribution in [1.29, 1.82) is 0 Å². The Labute approximate surface area is 135 Å². The first kappa shape index (κ1) is 18.9. The molecule has 0 fully saturated rings. The van der Waals surface area contributed by atoms with Crippen LogP contribution >= 0.6 is 11.8 Å². The summed E-state index contributed by atoms with van der Waals surface area (Å²) in [5.74, 6) is -0.182. The molecule has 0 aromatic rings. The minimum absolute atomic E-state index is 0. The van der Waals surface area contributed by atoms with Gasteiger partial charge in [-0.05, 0) is 5.75 Å². The molecule has 84 valence electrons. The first-order valence-electron chi connectivity index (χ1n) is 3.76. The number of halogens is 3. The fraction of sp³-hybridized carbons (Fsp3) is 0.667. The second-order valence-corrected chi connectivity index (χ2v) is 6.28. The molecule has 2 nitrogen and oxygen atoms in total. The van der Waals surface area contributed by atoms with Crippen LogP contribution in [0.3, 0.4) is 0 Å². The standard InChI is InChI=1S/C6H11BF3O2S2.K/c1-6(7(8,9)10)5-13-3-4-14(2,11)12;/h1,3-5H2,2H3;/q-1;+1. The van der Waals surface area contributed by atoms with Crippen molar-refractivity contribution in [2.75, 3.05) is 23.5 Å². The summed E-state index contributed by atoms with van der Waals surface area (Å²) in [7, 11) is -3.08. The molecular formula is C6H11BF3KO2S2. The van der Waals surface area contributed by atoms with Gasteiger partial charge in [-0.1, -0.05) is 0 Å². The van der Waals surface area contributed by atoms with Crippen molar-refractivity contribution in [3.63, 3.8) is 0 Å². The Bertz CT molecular complexity index is 302. The van der Waals surface area contributed by atoms with Crippen molar-refractivity contribution in [3.05, 3.63) is 12.1 Å². The SMILES string of the molecule is C=C(CSCCS(C)(=O)=O)[B-](F)(F)F.[K+]. The van der Waals surface area contributed by atoms with E-state index in [9.17, 15) is 21.4 Å². The Morgan fingerprint density at radius 1 is 1.40 bits per heavy atom. The van der Waals surface area contributed by atoms with Gasteiger partial charge >= 0.3 is 58.4 Å². The van der Waals surface area contributed by atoms with Crippen LogP contribution in [0.25, 0.3) is 0 Å². The molecule has 0 bridgehead atoms. The predicted molar refractivity (Wildman–Crippen MR) is 55.3 cm³/mol. The Kier molecular flexibility index (Phi) is 9.80. The molecule has 0 aromatic heterocycles. The van der Waals surface area contributed by atoms with Crippen molar-refractivity contribution in [3.8, 4) is 0 Å². The largest absolute Gasteiger partial charge is 1.00 e. The first-order chi connectivity index (χ1) is 6.13. The van der Waals surface area contributed by atoms with Crippen molar-refractivity contribution in [2.24, 2.45) is 0 Å². The summed E-state index contributed by atoms with van der Waals surface area (Å²) >= 11 is 0.932. The molecule has 0 rings (SSSR count). The maximum Gasteiger partial charge on any atom is 1.00 e. The van der Waals surface area contributed by atoms with E-state index in [1.807, 2.05) is 0 Å². The van der Waals surface area contributed by atoms with Gasteiger partial charge in [-0.25, -0.2) is 8.42 Å². The zero-order chi connectivity index (χ0) is 11.4. The van der Waals surface area contributed by atoms with Gasteiger partial charge in [0.25, 0.3) is 0 Å². The normalized spacial score (nSPS) is 12.0. The van der Waals surface area contributed by atoms with Crippen LogP contribution in [-0.4, -0.2) is 38.9 Å². The van der Waals surface area contributed by atoms with E-state index in [0.29, 0.717) is 0 Å². The molecular weight excluding hydrogens is 275 g/mol. The van der Waals surface area contributed by atoms with Gasteiger partial charge in [-0.2, -0.15) is 11.8 Å². The number of hydrogen-bond acceptors (Lipinski definition) is 3. The van der Waals surface area contributed by atoms with Crippen LogP contribution in [0.5, 0.6) is 0 Å². The Balaban J connectivity index is 0. The second-order valence-electron chi connectivity index (χ2n) is 2.92. The molecule has 0 unspecified atom stereocenters. The van der Waals surface area contributed by atoms with Crippen LogP contribution in [0.15, 0.2) is 12.1 Å². The summed E-state index contributed by atoms with van der Waals surface area (Å²) in [5.41, 5.74) is -0.775. The zero-order valence-corrected chi connectivity index (χ0v) is 13.4. The van der Waals surface area contributed by atoms with Gasteiger partial charge in [-0.3, -0.25) is 0 Å².